The first-order valence-corrected chi connectivity index (χ1v) is 9.37. The zero-order valence-corrected chi connectivity index (χ0v) is 15.1. The van der Waals surface area contributed by atoms with E-state index in [1.165, 1.54) is 11.3 Å². The second-order valence-corrected chi connectivity index (χ2v) is 8.29. The van der Waals surface area contributed by atoms with E-state index in [2.05, 4.69) is 33.5 Å². The standard InChI is InChI=1S/C17H16BrN3OS/c1-9-12-6-10(18)2-5-15(12)23-16(9)17(22)20-13-7-11-3-4-14(13)21(11)8-19/h2,5-6,11,13-14H,3-4,7H2,1H3,(H,20,22)/t11-,13+,14+/m0/s1. The van der Waals surface area contributed by atoms with Crippen molar-refractivity contribution in [3.8, 4) is 6.19 Å². The summed E-state index contributed by atoms with van der Waals surface area (Å²) in [6, 6.07) is 6.70. The fourth-order valence-electron chi connectivity index (χ4n) is 3.94. The number of rotatable bonds is 2. The van der Waals surface area contributed by atoms with Gasteiger partial charge < -0.3 is 10.2 Å². The molecule has 0 radical (unpaired) electrons. The Balaban J connectivity index is 1.59. The predicted molar refractivity (Wildman–Crippen MR) is 94.4 cm³/mol. The van der Waals surface area contributed by atoms with Gasteiger partial charge in [0, 0.05) is 15.2 Å². The second-order valence-electron chi connectivity index (χ2n) is 6.32. The minimum Gasteiger partial charge on any atom is -0.346 e. The maximum atomic E-state index is 12.7. The highest BCUT2D eigenvalue weighted by atomic mass is 79.9. The zero-order chi connectivity index (χ0) is 16.1. The Labute approximate surface area is 147 Å². The Kier molecular flexibility index (Phi) is 3.58. The Morgan fingerprint density at radius 3 is 3.04 bits per heavy atom. The van der Waals surface area contributed by atoms with Crippen LogP contribution in [0.25, 0.3) is 10.1 Å². The van der Waals surface area contributed by atoms with Crippen LogP contribution in [-0.4, -0.2) is 28.9 Å². The number of carbonyl (C=O) groups excluding carboxylic acids is 1. The molecule has 0 unspecified atom stereocenters. The fourth-order valence-corrected chi connectivity index (χ4v) is 5.40. The molecule has 2 aliphatic heterocycles. The van der Waals surface area contributed by atoms with E-state index in [9.17, 15) is 10.1 Å². The van der Waals surface area contributed by atoms with Crippen molar-refractivity contribution in [1.82, 2.24) is 10.2 Å². The van der Waals surface area contributed by atoms with E-state index >= 15 is 0 Å². The number of fused-ring (bicyclic) bond motifs is 3. The minimum absolute atomic E-state index is 0.00439. The van der Waals surface area contributed by atoms with Crippen molar-refractivity contribution in [2.45, 2.75) is 44.3 Å². The van der Waals surface area contributed by atoms with Gasteiger partial charge in [0.05, 0.1) is 17.0 Å². The van der Waals surface area contributed by atoms with Crippen LogP contribution in [0.2, 0.25) is 0 Å². The number of nitrogens with one attached hydrogen (secondary N) is 1. The van der Waals surface area contributed by atoms with Gasteiger partial charge in [-0.2, -0.15) is 5.26 Å². The van der Waals surface area contributed by atoms with Gasteiger partial charge in [0.15, 0.2) is 6.19 Å². The molecular weight excluding hydrogens is 374 g/mol. The molecule has 2 fully saturated rings. The third kappa shape index (κ3) is 2.34. The zero-order valence-electron chi connectivity index (χ0n) is 12.7. The van der Waals surface area contributed by atoms with Gasteiger partial charge in [0.25, 0.3) is 5.91 Å². The summed E-state index contributed by atoms with van der Waals surface area (Å²) in [5.74, 6) is -0.00439. The number of nitrogens with zero attached hydrogens (tertiary/aromatic N) is 2. The molecule has 3 heterocycles. The largest absolute Gasteiger partial charge is 0.346 e. The Hall–Kier alpha value is -1.58. The normalized spacial score (nSPS) is 25.8. The predicted octanol–water partition coefficient (Wildman–Crippen LogP) is 3.79. The van der Waals surface area contributed by atoms with E-state index < -0.39 is 0 Å². The lowest BCUT2D eigenvalue weighted by atomic mass is 9.95. The molecule has 4 rings (SSSR count). The highest BCUT2D eigenvalue weighted by molar-refractivity contribution is 9.10. The highest BCUT2D eigenvalue weighted by Gasteiger charge is 2.46. The topological polar surface area (TPSA) is 56.1 Å². The summed E-state index contributed by atoms with van der Waals surface area (Å²) in [5, 5.41) is 13.5. The van der Waals surface area contributed by atoms with Crippen LogP contribution in [0.15, 0.2) is 22.7 Å². The molecule has 2 saturated heterocycles. The average Bonchev–Trinajstić information content (AvgIpc) is 3.18. The summed E-state index contributed by atoms with van der Waals surface area (Å²) in [6.45, 7) is 2.00. The molecule has 1 amide bonds. The van der Waals surface area contributed by atoms with Crippen LogP contribution < -0.4 is 5.32 Å². The molecule has 2 aliphatic rings. The van der Waals surface area contributed by atoms with E-state index in [1.807, 2.05) is 24.0 Å². The number of nitriles is 1. The maximum absolute atomic E-state index is 12.7. The molecule has 2 aromatic rings. The van der Waals surface area contributed by atoms with E-state index in [1.54, 1.807) is 0 Å². The van der Waals surface area contributed by atoms with Gasteiger partial charge in [-0.1, -0.05) is 15.9 Å². The van der Waals surface area contributed by atoms with Gasteiger partial charge in [-0.15, -0.1) is 11.3 Å². The van der Waals surface area contributed by atoms with Gasteiger partial charge in [-0.25, -0.2) is 0 Å². The molecule has 2 bridgehead atoms. The molecule has 1 N–H and O–H groups in total. The lowest BCUT2D eigenvalue weighted by Crippen LogP contribution is -2.43. The SMILES string of the molecule is Cc1c(C(=O)N[C@@H]2C[C@@H]3CC[C@H]2N3C#N)sc2ccc(Br)cc12. The van der Waals surface area contributed by atoms with Crippen LogP contribution in [0.3, 0.4) is 0 Å². The number of hydrogen-bond acceptors (Lipinski definition) is 4. The number of thiophene rings is 1. The van der Waals surface area contributed by atoms with Crippen molar-refractivity contribution in [2.75, 3.05) is 0 Å². The molecule has 0 spiro atoms. The molecule has 118 valence electrons. The van der Waals surface area contributed by atoms with Crippen molar-refractivity contribution in [2.24, 2.45) is 0 Å². The first-order valence-electron chi connectivity index (χ1n) is 7.76. The quantitative estimate of drug-likeness (QED) is 0.794. The number of aryl methyl sites for hydroxylation is 1. The van der Waals surface area contributed by atoms with Crippen LogP contribution in [0.1, 0.15) is 34.5 Å². The lowest BCUT2D eigenvalue weighted by Gasteiger charge is -2.21. The Morgan fingerprint density at radius 2 is 2.30 bits per heavy atom. The van der Waals surface area contributed by atoms with Gasteiger partial charge in [-0.05, 0) is 55.3 Å². The van der Waals surface area contributed by atoms with Crippen LogP contribution in [0.5, 0.6) is 0 Å². The van der Waals surface area contributed by atoms with Crippen molar-refractivity contribution in [1.29, 1.82) is 5.26 Å². The smallest absolute Gasteiger partial charge is 0.261 e. The number of benzene rings is 1. The van der Waals surface area contributed by atoms with Crippen LogP contribution in [0.4, 0.5) is 0 Å². The number of amides is 1. The molecule has 6 heteroatoms. The van der Waals surface area contributed by atoms with Crippen LogP contribution in [-0.2, 0) is 0 Å². The van der Waals surface area contributed by atoms with Crippen molar-refractivity contribution in [3.05, 3.63) is 33.1 Å². The van der Waals surface area contributed by atoms with Crippen LogP contribution in [0, 0.1) is 18.4 Å². The highest BCUT2D eigenvalue weighted by Crippen LogP contribution is 2.38. The second kappa shape index (κ2) is 5.50. The van der Waals surface area contributed by atoms with Crippen molar-refractivity contribution < 1.29 is 4.79 Å². The number of carbonyl (C=O) groups is 1. The summed E-state index contributed by atoms with van der Waals surface area (Å²) in [4.78, 5) is 15.4. The first kappa shape index (κ1) is 15.0. The maximum Gasteiger partial charge on any atom is 0.261 e. The summed E-state index contributed by atoms with van der Waals surface area (Å²) in [7, 11) is 0. The van der Waals surface area contributed by atoms with Gasteiger partial charge in [0.1, 0.15) is 0 Å². The van der Waals surface area contributed by atoms with Gasteiger partial charge in [-0.3, -0.25) is 4.79 Å². The molecule has 23 heavy (non-hydrogen) atoms. The molecule has 4 nitrogen and oxygen atoms in total. The van der Waals surface area contributed by atoms with Crippen molar-refractivity contribution in [3.63, 3.8) is 0 Å². The van der Waals surface area contributed by atoms with Gasteiger partial charge in [0.2, 0.25) is 0 Å². The number of hydrogen-bond donors (Lipinski definition) is 1. The molecule has 1 aromatic carbocycles. The monoisotopic (exact) mass is 389 g/mol. The minimum atomic E-state index is -0.00439. The molecule has 0 saturated carbocycles. The summed E-state index contributed by atoms with van der Waals surface area (Å²) < 4.78 is 2.15. The molecular formula is C17H16BrN3OS. The van der Waals surface area contributed by atoms with E-state index in [4.69, 9.17) is 0 Å². The summed E-state index contributed by atoms with van der Waals surface area (Å²) in [5.41, 5.74) is 1.03. The Bertz CT molecular complexity index is 840. The third-order valence-corrected chi connectivity index (χ3v) is 6.84. The average molecular weight is 390 g/mol. The molecule has 0 aliphatic carbocycles. The van der Waals surface area contributed by atoms with Crippen LogP contribution >= 0.6 is 27.3 Å². The number of halogens is 1. The van der Waals surface area contributed by atoms with E-state index in [0.717, 1.165) is 44.3 Å². The fraction of sp³-hybridized carbons (Fsp3) is 0.412. The lowest BCUT2D eigenvalue weighted by molar-refractivity contribution is 0.0932. The summed E-state index contributed by atoms with van der Waals surface area (Å²) >= 11 is 5.03. The van der Waals surface area contributed by atoms with Crippen molar-refractivity contribution >= 4 is 43.3 Å². The van der Waals surface area contributed by atoms with Gasteiger partial charge >= 0.3 is 0 Å². The Morgan fingerprint density at radius 1 is 1.48 bits per heavy atom. The van der Waals surface area contributed by atoms with E-state index in [0.29, 0.717) is 6.04 Å². The first-order chi connectivity index (χ1) is 11.1. The molecule has 1 aromatic heterocycles. The summed E-state index contributed by atoms with van der Waals surface area (Å²) in [6.07, 6.45) is 5.25. The van der Waals surface area contributed by atoms with E-state index in [-0.39, 0.29) is 18.0 Å². The molecule has 3 atom stereocenters. The third-order valence-electron chi connectivity index (χ3n) is 5.07.